The molecular formula is C16H15ClN2O3S. The van der Waals surface area contributed by atoms with Gasteiger partial charge in [-0.3, -0.25) is 14.9 Å². The Morgan fingerprint density at radius 1 is 1.26 bits per heavy atom. The van der Waals surface area contributed by atoms with Crippen molar-refractivity contribution in [2.45, 2.75) is 11.8 Å². The molecule has 0 heterocycles. The van der Waals surface area contributed by atoms with Gasteiger partial charge in [-0.1, -0.05) is 29.3 Å². The molecule has 120 valence electrons. The van der Waals surface area contributed by atoms with Gasteiger partial charge >= 0.3 is 0 Å². The third-order valence-corrected chi connectivity index (χ3v) is 4.33. The van der Waals surface area contributed by atoms with Crippen LogP contribution >= 0.6 is 23.4 Å². The van der Waals surface area contributed by atoms with E-state index in [9.17, 15) is 14.9 Å². The Bertz CT molecular complexity index is 720. The lowest BCUT2D eigenvalue weighted by Crippen LogP contribution is -2.26. The summed E-state index contributed by atoms with van der Waals surface area (Å²) in [6.45, 7) is 2.42. The number of nitrogens with one attached hydrogen (secondary N) is 1. The number of nitro benzene ring substituents is 1. The topological polar surface area (TPSA) is 72.2 Å². The number of nitro groups is 1. The molecule has 0 spiro atoms. The molecule has 0 unspecified atom stereocenters. The minimum absolute atomic E-state index is 0.0252. The molecule has 0 aliphatic carbocycles. The summed E-state index contributed by atoms with van der Waals surface area (Å²) in [4.78, 5) is 23.6. The molecule has 0 atom stereocenters. The molecule has 5 nitrogen and oxygen atoms in total. The van der Waals surface area contributed by atoms with Crippen LogP contribution in [0.25, 0.3) is 0 Å². The van der Waals surface area contributed by atoms with Crippen molar-refractivity contribution in [2.24, 2.45) is 0 Å². The number of amides is 1. The van der Waals surface area contributed by atoms with E-state index in [4.69, 9.17) is 11.6 Å². The van der Waals surface area contributed by atoms with Crippen molar-refractivity contribution in [1.82, 2.24) is 5.32 Å². The highest BCUT2D eigenvalue weighted by Crippen LogP contribution is 2.23. The van der Waals surface area contributed by atoms with Crippen molar-refractivity contribution in [3.05, 3.63) is 68.7 Å². The number of hydrogen-bond donors (Lipinski definition) is 1. The minimum atomic E-state index is -0.591. The number of aryl methyl sites for hydroxylation is 1. The van der Waals surface area contributed by atoms with Gasteiger partial charge in [0.25, 0.3) is 11.6 Å². The summed E-state index contributed by atoms with van der Waals surface area (Å²) in [7, 11) is 0. The molecule has 0 aromatic heterocycles. The summed E-state index contributed by atoms with van der Waals surface area (Å²) < 4.78 is 0. The standard InChI is InChI=1S/C16H15ClN2O3S/c1-11-2-5-13(6-3-11)23-9-8-18-16(20)14-10-12(17)4-7-15(14)19(21)22/h2-7,10H,8-9H2,1H3,(H,18,20). The Labute approximate surface area is 143 Å². The largest absolute Gasteiger partial charge is 0.351 e. The second-order valence-electron chi connectivity index (χ2n) is 4.84. The lowest BCUT2D eigenvalue weighted by atomic mass is 10.1. The first-order chi connectivity index (χ1) is 11.0. The number of carbonyl (C=O) groups excluding carboxylic acids is 1. The van der Waals surface area contributed by atoms with E-state index in [2.05, 4.69) is 5.32 Å². The summed E-state index contributed by atoms with van der Waals surface area (Å²) in [6.07, 6.45) is 0. The lowest BCUT2D eigenvalue weighted by molar-refractivity contribution is -0.385. The molecule has 23 heavy (non-hydrogen) atoms. The SMILES string of the molecule is Cc1ccc(SCCNC(=O)c2cc(Cl)ccc2[N+](=O)[O-])cc1. The van der Waals surface area contributed by atoms with E-state index in [0.717, 1.165) is 4.90 Å². The van der Waals surface area contributed by atoms with Crippen LogP contribution in [0.15, 0.2) is 47.4 Å². The van der Waals surface area contributed by atoms with Crippen LogP contribution in [-0.4, -0.2) is 23.1 Å². The van der Waals surface area contributed by atoms with E-state index < -0.39 is 10.8 Å². The molecule has 0 aliphatic rings. The summed E-state index contributed by atoms with van der Waals surface area (Å²) in [5.74, 6) is 0.173. The predicted molar refractivity (Wildman–Crippen MR) is 92.3 cm³/mol. The van der Waals surface area contributed by atoms with Crippen molar-refractivity contribution in [2.75, 3.05) is 12.3 Å². The van der Waals surface area contributed by atoms with Crippen LogP contribution in [-0.2, 0) is 0 Å². The maximum absolute atomic E-state index is 12.1. The lowest BCUT2D eigenvalue weighted by Gasteiger charge is -2.06. The van der Waals surface area contributed by atoms with E-state index >= 15 is 0 Å². The van der Waals surface area contributed by atoms with Gasteiger partial charge in [-0.05, 0) is 31.2 Å². The van der Waals surface area contributed by atoms with Crippen LogP contribution in [0.1, 0.15) is 15.9 Å². The van der Waals surface area contributed by atoms with Crippen molar-refractivity contribution in [1.29, 1.82) is 0 Å². The summed E-state index contributed by atoms with van der Waals surface area (Å²) in [6, 6.07) is 12.0. The van der Waals surface area contributed by atoms with E-state index in [1.807, 2.05) is 31.2 Å². The highest BCUT2D eigenvalue weighted by molar-refractivity contribution is 7.99. The van der Waals surface area contributed by atoms with E-state index in [0.29, 0.717) is 12.3 Å². The van der Waals surface area contributed by atoms with Crippen LogP contribution < -0.4 is 5.32 Å². The molecule has 1 N–H and O–H groups in total. The third-order valence-electron chi connectivity index (χ3n) is 3.08. The van der Waals surface area contributed by atoms with Gasteiger partial charge in [0.15, 0.2) is 0 Å². The van der Waals surface area contributed by atoms with E-state index in [-0.39, 0.29) is 16.3 Å². The Morgan fingerprint density at radius 3 is 2.61 bits per heavy atom. The zero-order valence-electron chi connectivity index (χ0n) is 12.4. The molecule has 2 aromatic carbocycles. The first-order valence-electron chi connectivity index (χ1n) is 6.89. The average molecular weight is 351 g/mol. The Hall–Kier alpha value is -2.05. The first-order valence-corrected chi connectivity index (χ1v) is 8.25. The van der Waals surface area contributed by atoms with Crippen molar-refractivity contribution in [3.63, 3.8) is 0 Å². The highest BCUT2D eigenvalue weighted by atomic mass is 35.5. The average Bonchev–Trinajstić information content (AvgIpc) is 2.52. The van der Waals surface area contributed by atoms with E-state index in [1.165, 1.54) is 23.8 Å². The van der Waals surface area contributed by atoms with Gasteiger partial charge in [-0.25, -0.2) is 0 Å². The van der Waals surface area contributed by atoms with Crippen LogP contribution in [0.3, 0.4) is 0 Å². The second kappa shape index (κ2) is 7.99. The molecule has 0 aliphatic heterocycles. The molecule has 0 saturated carbocycles. The van der Waals surface area contributed by atoms with Crippen molar-refractivity contribution >= 4 is 35.0 Å². The molecule has 0 bridgehead atoms. The van der Waals surface area contributed by atoms with Crippen LogP contribution in [0.2, 0.25) is 5.02 Å². The molecule has 2 aromatic rings. The van der Waals surface area contributed by atoms with Gasteiger partial charge in [-0.2, -0.15) is 0 Å². The van der Waals surface area contributed by atoms with Gasteiger partial charge < -0.3 is 5.32 Å². The second-order valence-corrected chi connectivity index (χ2v) is 6.44. The normalized spacial score (nSPS) is 10.3. The molecule has 0 saturated heterocycles. The zero-order valence-corrected chi connectivity index (χ0v) is 14.0. The Balaban J connectivity index is 1.91. The van der Waals surface area contributed by atoms with Crippen LogP contribution in [0.5, 0.6) is 0 Å². The summed E-state index contributed by atoms with van der Waals surface area (Å²) >= 11 is 7.42. The fourth-order valence-electron chi connectivity index (χ4n) is 1.91. The molecule has 0 radical (unpaired) electrons. The highest BCUT2D eigenvalue weighted by Gasteiger charge is 2.20. The van der Waals surface area contributed by atoms with Crippen molar-refractivity contribution in [3.8, 4) is 0 Å². The molecule has 0 fully saturated rings. The maximum Gasteiger partial charge on any atom is 0.282 e. The number of nitrogens with zero attached hydrogens (tertiary/aromatic N) is 1. The fraction of sp³-hybridized carbons (Fsp3) is 0.188. The van der Waals surface area contributed by atoms with Gasteiger partial charge in [0, 0.05) is 28.3 Å². The number of hydrogen-bond acceptors (Lipinski definition) is 4. The summed E-state index contributed by atoms with van der Waals surface area (Å²) in [5.41, 5.74) is 0.914. The van der Waals surface area contributed by atoms with Gasteiger partial charge in [0.2, 0.25) is 0 Å². The number of halogens is 1. The molecular weight excluding hydrogens is 336 g/mol. The number of benzene rings is 2. The van der Waals surface area contributed by atoms with Gasteiger partial charge in [0.1, 0.15) is 5.56 Å². The Morgan fingerprint density at radius 2 is 1.96 bits per heavy atom. The minimum Gasteiger partial charge on any atom is -0.351 e. The van der Waals surface area contributed by atoms with Gasteiger partial charge in [0.05, 0.1) is 4.92 Å². The number of carbonyl (C=O) groups is 1. The fourth-order valence-corrected chi connectivity index (χ4v) is 2.85. The zero-order chi connectivity index (χ0) is 16.8. The smallest absolute Gasteiger partial charge is 0.282 e. The molecule has 2 rings (SSSR count). The van der Waals surface area contributed by atoms with Crippen LogP contribution in [0, 0.1) is 17.0 Å². The first kappa shape index (κ1) is 17.3. The summed E-state index contributed by atoms with van der Waals surface area (Å²) in [5, 5.41) is 13.9. The van der Waals surface area contributed by atoms with Crippen molar-refractivity contribution < 1.29 is 9.72 Å². The molecule has 1 amide bonds. The third kappa shape index (κ3) is 4.97. The predicted octanol–water partition coefficient (Wildman–Crippen LogP) is 4.08. The monoisotopic (exact) mass is 350 g/mol. The number of rotatable bonds is 6. The molecule has 7 heteroatoms. The quantitative estimate of drug-likeness (QED) is 0.369. The Kier molecular flexibility index (Phi) is 6.01. The number of thioether (sulfide) groups is 1. The maximum atomic E-state index is 12.1. The van der Waals surface area contributed by atoms with Gasteiger partial charge in [-0.15, -0.1) is 11.8 Å². The van der Waals surface area contributed by atoms with Crippen LogP contribution in [0.4, 0.5) is 5.69 Å². The van der Waals surface area contributed by atoms with E-state index in [1.54, 1.807) is 11.8 Å².